The Labute approximate surface area is 800 Å². The number of rotatable bonds is 14. The molecule has 2 aliphatic rings. The molecule has 0 N–H and O–H groups in total. The van der Waals surface area contributed by atoms with Crippen LogP contribution >= 0.6 is 0 Å². The van der Waals surface area contributed by atoms with Gasteiger partial charge in [-0.2, -0.15) is 0 Å². The molecule has 2 aliphatic carbocycles. The van der Waals surface area contributed by atoms with E-state index in [0.29, 0.717) is 0 Å². The van der Waals surface area contributed by atoms with Crippen molar-refractivity contribution in [1.82, 2.24) is 18.3 Å². The summed E-state index contributed by atoms with van der Waals surface area (Å²) in [7, 11) is 0. The Balaban J connectivity index is 0.000000139. The first-order valence-corrected chi connectivity index (χ1v) is 47.8. The molecule has 0 spiro atoms. The molecule has 26 aromatic rings. The summed E-state index contributed by atoms with van der Waals surface area (Å²) < 4.78 is 9.83. The molecular formula is C134H88N4. The van der Waals surface area contributed by atoms with Gasteiger partial charge in [-0.05, 0) is 255 Å². The smallest absolute Gasteiger partial charge is 0.0720 e. The predicted molar refractivity (Wildman–Crippen MR) is 577 cm³/mol. The van der Waals surface area contributed by atoms with Crippen molar-refractivity contribution < 1.29 is 0 Å². The van der Waals surface area contributed by atoms with Gasteiger partial charge >= 0.3 is 0 Å². The van der Waals surface area contributed by atoms with Crippen LogP contribution in [-0.2, 0) is 10.8 Å². The van der Waals surface area contributed by atoms with Gasteiger partial charge in [-0.25, -0.2) is 0 Å². The summed E-state index contributed by atoms with van der Waals surface area (Å²) in [6.07, 6.45) is 0. The standard InChI is InChI=1S/2C67H44N2/c1-5-18-45(19-6-1)47-32-36-53(37-33-47)68-61-31-16-14-28-55(61)57-43-49(34-39-62(57)68)50-35-40-63-58(44-50)66-64(69(63)54-27-17-22-48(42-54)46-20-7-2-8-21-46)41-38-60-65(66)56-29-13-15-30-59(56)67(60,51-23-9-3-10-24-51)52-25-11-4-12-26-52;1-5-18-45(19-6-1)47-32-36-53(37-33-47)68-61-31-16-14-29-56(61)58-43-49(34-39-62(58)68)50-35-40-63-59(44-50)65-64(69(63)54-27-17-22-48(42-54)46-20-7-2-8-21-46)41-38-57-55-28-13-15-30-60(55)67(66(57)65,51-23-9-3-10-24-51)52-25-11-4-12-26-52/h2*1-44H. The van der Waals surface area contributed by atoms with Crippen LogP contribution in [-0.4, -0.2) is 18.3 Å². The molecule has 0 fully saturated rings. The minimum atomic E-state index is -0.574. The van der Waals surface area contributed by atoms with E-state index in [4.69, 9.17) is 0 Å². The number of para-hydroxylation sites is 2. The average Bonchev–Trinajstić information content (AvgIpc) is 1.51. The van der Waals surface area contributed by atoms with Crippen molar-refractivity contribution in [2.75, 3.05) is 0 Å². The van der Waals surface area contributed by atoms with Gasteiger partial charge in [0.2, 0.25) is 0 Å². The van der Waals surface area contributed by atoms with Crippen LogP contribution in [0.3, 0.4) is 0 Å². The molecular weight excluding hydrogens is 1670 g/mol. The molecule has 4 aromatic heterocycles. The van der Waals surface area contributed by atoms with Crippen molar-refractivity contribution in [3.8, 4) is 112 Å². The van der Waals surface area contributed by atoms with E-state index < -0.39 is 10.8 Å². The van der Waals surface area contributed by atoms with E-state index in [-0.39, 0.29) is 0 Å². The monoisotopic (exact) mass is 1750 g/mol. The molecule has 0 aliphatic heterocycles. The number of fused-ring (bicyclic) bond motifs is 20. The highest BCUT2D eigenvalue weighted by molar-refractivity contribution is 6.21. The number of hydrogen-bond acceptors (Lipinski definition) is 0. The number of hydrogen-bond donors (Lipinski definition) is 0. The summed E-state index contributed by atoms with van der Waals surface area (Å²) in [4.78, 5) is 0. The normalized spacial score (nSPS) is 12.8. The van der Waals surface area contributed by atoms with Gasteiger partial charge in [0, 0.05) is 65.8 Å². The molecule has 644 valence electrons. The molecule has 28 rings (SSSR count). The van der Waals surface area contributed by atoms with Crippen LogP contribution in [0.4, 0.5) is 0 Å². The van der Waals surface area contributed by atoms with Crippen molar-refractivity contribution >= 4 is 87.2 Å². The molecule has 0 saturated carbocycles. The van der Waals surface area contributed by atoms with Crippen LogP contribution in [0.2, 0.25) is 0 Å². The van der Waals surface area contributed by atoms with Crippen LogP contribution in [0.5, 0.6) is 0 Å². The SMILES string of the molecule is c1ccc(-c2ccc(-n3c4ccccc4c4cc(-c5ccc6c(c5)c5c7c(ccc5n6-c5cccc(-c6ccccc6)c5)-c5ccccc5C7(c5ccccc5)c5ccccc5)ccc43)cc2)cc1.c1ccc(-c2ccc(-n3c4ccccc4c4cc(-c5ccc6c(c5)c5c7c(ccc5n6-c5cccc(-c6ccccc6)c5)C(c5ccccc5)(c5ccccc5)c5ccccc5-7)ccc43)cc2)cc1. The highest BCUT2D eigenvalue weighted by Crippen LogP contribution is 2.62. The van der Waals surface area contributed by atoms with Gasteiger partial charge in [0.05, 0.1) is 55.0 Å². The third-order valence-corrected chi connectivity index (χ3v) is 29.6. The van der Waals surface area contributed by atoms with Crippen LogP contribution in [0.25, 0.3) is 199 Å². The predicted octanol–water partition coefficient (Wildman–Crippen LogP) is 34.5. The van der Waals surface area contributed by atoms with E-state index >= 15 is 0 Å². The summed E-state index contributed by atoms with van der Waals surface area (Å²) in [5.41, 5.74) is 42.8. The minimum Gasteiger partial charge on any atom is -0.309 e. The van der Waals surface area contributed by atoms with Gasteiger partial charge < -0.3 is 18.3 Å². The van der Waals surface area contributed by atoms with Crippen LogP contribution in [0, 0.1) is 0 Å². The van der Waals surface area contributed by atoms with Gasteiger partial charge in [0.25, 0.3) is 0 Å². The first-order valence-electron chi connectivity index (χ1n) is 47.8. The maximum absolute atomic E-state index is 2.50. The topological polar surface area (TPSA) is 19.7 Å². The average molecular weight is 1750 g/mol. The zero-order valence-electron chi connectivity index (χ0n) is 75.6. The molecule has 0 unspecified atom stereocenters. The summed E-state index contributed by atoms with van der Waals surface area (Å²) in [6.45, 7) is 0. The maximum Gasteiger partial charge on any atom is 0.0720 e. The lowest BCUT2D eigenvalue weighted by Crippen LogP contribution is -2.28. The van der Waals surface area contributed by atoms with E-state index in [0.717, 1.165) is 22.7 Å². The highest BCUT2D eigenvalue weighted by Gasteiger charge is 2.50. The lowest BCUT2D eigenvalue weighted by Gasteiger charge is -2.34. The Bertz CT molecular complexity index is 9180. The molecule has 0 atom stereocenters. The van der Waals surface area contributed by atoms with Gasteiger partial charge in [-0.1, -0.05) is 413 Å². The van der Waals surface area contributed by atoms with Gasteiger partial charge in [-0.3, -0.25) is 0 Å². The summed E-state index contributed by atoms with van der Waals surface area (Å²) in [6, 6.07) is 197. The van der Waals surface area contributed by atoms with Gasteiger partial charge in [0.15, 0.2) is 0 Å². The zero-order valence-corrected chi connectivity index (χ0v) is 75.6. The summed E-state index contributed by atoms with van der Waals surface area (Å²) in [5.74, 6) is 0. The zero-order chi connectivity index (χ0) is 90.9. The first kappa shape index (κ1) is 79.8. The van der Waals surface area contributed by atoms with Crippen molar-refractivity contribution in [2.24, 2.45) is 0 Å². The van der Waals surface area contributed by atoms with E-state index in [9.17, 15) is 0 Å². The van der Waals surface area contributed by atoms with E-state index in [1.54, 1.807) is 0 Å². The largest absolute Gasteiger partial charge is 0.309 e. The van der Waals surface area contributed by atoms with Crippen molar-refractivity contribution in [2.45, 2.75) is 10.8 Å². The van der Waals surface area contributed by atoms with E-state index in [1.165, 1.54) is 221 Å². The third kappa shape index (κ3) is 12.5. The first-order chi connectivity index (χ1) is 68.5. The van der Waals surface area contributed by atoms with Gasteiger partial charge in [0.1, 0.15) is 0 Å². The van der Waals surface area contributed by atoms with Crippen LogP contribution in [0.1, 0.15) is 44.5 Å². The van der Waals surface area contributed by atoms with E-state index in [2.05, 4.69) is 552 Å². The van der Waals surface area contributed by atoms with Crippen molar-refractivity contribution in [3.63, 3.8) is 0 Å². The maximum atomic E-state index is 2.50. The molecule has 4 heterocycles. The second-order valence-electron chi connectivity index (χ2n) is 36.8. The van der Waals surface area contributed by atoms with Crippen molar-refractivity contribution in [3.05, 3.63) is 578 Å². The Morgan fingerprint density at radius 1 is 0.138 bits per heavy atom. The fourth-order valence-electron chi connectivity index (χ4n) is 23.6. The fourth-order valence-corrected chi connectivity index (χ4v) is 23.6. The Kier molecular flexibility index (Phi) is 18.8. The molecule has 4 heteroatoms. The third-order valence-electron chi connectivity index (χ3n) is 29.6. The fraction of sp³-hybridized carbons (Fsp3) is 0.0149. The second kappa shape index (κ2) is 32.5. The Morgan fingerprint density at radius 3 is 0.855 bits per heavy atom. The Morgan fingerprint density at radius 2 is 0.420 bits per heavy atom. The minimum absolute atomic E-state index is 0.511. The van der Waals surface area contributed by atoms with Crippen LogP contribution in [0.15, 0.2) is 534 Å². The van der Waals surface area contributed by atoms with Crippen LogP contribution < -0.4 is 0 Å². The van der Waals surface area contributed by atoms with E-state index in [1.807, 2.05) is 0 Å². The molecule has 4 nitrogen and oxygen atoms in total. The molecule has 0 amide bonds. The molecule has 0 saturated heterocycles. The molecule has 0 radical (unpaired) electrons. The lowest BCUT2D eigenvalue weighted by atomic mass is 9.67. The van der Waals surface area contributed by atoms with Crippen molar-refractivity contribution in [1.29, 1.82) is 0 Å². The van der Waals surface area contributed by atoms with Gasteiger partial charge in [-0.15, -0.1) is 0 Å². The number of benzene rings is 22. The quantitative estimate of drug-likeness (QED) is 0.103. The number of aromatic nitrogens is 4. The molecule has 138 heavy (non-hydrogen) atoms. The molecule has 0 bridgehead atoms. The summed E-state index contributed by atoms with van der Waals surface area (Å²) in [5, 5.41) is 9.96. The second-order valence-corrected chi connectivity index (χ2v) is 36.8. The Hall–Kier alpha value is -18.0. The molecule has 22 aromatic carbocycles. The number of nitrogens with zero attached hydrogens (tertiary/aromatic N) is 4. The highest BCUT2D eigenvalue weighted by atomic mass is 15.0. The summed E-state index contributed by atoms with van der Waals surface area (Å²) >= 11 is 0. The lowest BCUT2D eigenvalue weighted by molar-refractivity contribution is 0.769.